The van der Waals surface area contributed by atoms with Crippen LogP contribution in [0.2, 0.25) is 15.1 Å². The van der Waals surface area contributed by atoms with Crippen molar-refractivity contribution in [3.63, 3.8) is 0 Å². The smallest absolute Gasteiger partial charge is 0.130 e. The molecule has 1 aliphatic rings. The number of nitriles is 2. The SMILES string of the molecule is N#CC(C#N)=C1CCN(c2c(Cl)cc(Cl)cc2Cl)C1. The molecule has 1 aliphatic heterocycles. The highest BCUT2D eigenvalue weighted by Crippen LogP contribution is 2.39. The number of halogens is 3. The van der Waals surface area contributed by atoms with Gasteiger partial charge in [-0.15, -0.1) is 0 Å². The zero-order valence-corrected chi connectivity index (χ0v) is 12.0. The Kier molecular flexibility index (Phi) is 4.22. The summed E-state index contributed by atoms with van der Waals surface area (Å²) in [5, 5.41) is 19.1. The van der Waals surface area contributed by atoms with Crippen molar-refractivity contribution < 1.29 is 0 Å². The van der Waals surface area contributed by atoms with Crippen LogP contribution in [0.25, 0.3) is 0 Å². The highest BCUT2D eigenvalue weighted by atomic mass is 35.5. The fourth-order valence-electron chi connectivity index (χ4n) is 2.07. The summed E-state index contributed by atoms with van der Waals surface area (Å²) >= 11 is 18.2. The molecule has 96 valence electrons. The van der Waals surface area contributed by atoms with Crippen LogP contribution in [0.1, 0.15) is 6.42 Å². The standard InChI is InChI=1S/C13H8Cl3N3/c14-10-3-11(15)13(12(16)4-10)19-2-1-8(7-19)9(5-17)6-18/h3-4H,1-2,7H2. The van der Waals surface area contributed by atoms with Crippen molar-refractivity contribution >= 4 is 40.5 Å². The second-order valence-electron chi connectivity index (χ2n) is 4.09. The Balaban J connectivity index is 2.36. The van der Waals surface area contributed by atoms with Crippen molar-refractivity contribution in [1.29, 1.82) is 10.5 Å². The third-order valence-electron chi connectivity index (χ3n) is 2.94. The molecule has 0 aromatic heterocycles. The Hall–Kier alpha value is -1.39. The number of benzene rings is 1. The van der Waals surface area contributed by atoms with Crippen LogP contribution in [0.4, 0.5) is 5.69 Å². The highest BCUT2D eigenvalue weighted by Gasteiger charge is 2.24. The Labute approximate surface area is 126 Å². The predicted octanol–water partition coefficient (Wildman–Crippen LogP) is 4.20. The summed E-state index contributed by atoms with van der Waals surface area (Å²) in [5.41, 5.74) is 1.67. The van der Waals surface area contributed by atoms with Crippen molar-refractivity contribution in [1.82, 2.24) is 0 Å². The molecular weight excluding hydrogens is 305 g/mol. The van der Waals surface area contributed by atoms with Crippen LogP contribution < -0.4 is 4.90 Å². The van der Waals surface area contributed by atoms with E-state index in [4.69, 9.17) is 45.3 Å². The van der Waals surface area contributed by atoms with Crippen LogP contribution >= 0.6 is 34.8 Å². The van der Waals surface area contributed by atoms with E-state index in [0.717, 1.165) is 5.57 Å². The van der Waals surface area contributed by atoms with Gasteiger partial charge in [0.1, 0.15) is 17.7 Å². The first kappa shape index (κ1) is 14.0. The first-order valence-corrected chi connectivity index (χ1v) is 6.62. The molecule has 1 fully saturated rings. The minimum Gasteiger partial charge on any atom is -0.365 e. The number of hydrogen-bond acceptors (Lipinski definition) is 3. The molecule has 0 saturated carbocycles. The third kappa shape index (κ3) is 2.80. The van der Waals surface area contributed by atoms with Crippen LogP contribution in [-0.4, -0.2) is 13.1 Å². The maximum absolute atomic E-state index is 8.87. The first-order chi connectivity index (χ1) is 9.06. The van der Waals surface area contributed by atoms with Gasteiger partial charge in [0.2, 0.25) is 0 Å². The average Bonchev–Trinajstić information content (AvgIpc) is 2.78. The molecule has 19 heavy (non-hydrogen) atoms. The Morgan fingerprint density at radius 2 is 1.68 bits per heavy atom. The predicted molar refractivity (Wildman–Crippen MR) is 76.6 cm³/mol. The van der Waals surface area contributed by atoms with Gasteiger partial charge >= 0.3 is 0 Å². The molecule has 1 aromatic rings. The van der Waals surface area contributed by atoms with E-state index in [1.54, 1.807) is 12.1 Å². The van der Waals surface area contributed by atoms with Crippen LogP contribution in [-0.2, 0) is 0 Å². The summed E-state index contributed by atoms with van der Waals surface area (Å²) in [5.74, 6) is 0. The van der Waals surface area contributed by atoms with Crippen LogP contribution in [0, 0.1) is 22.7 Å². The van der Waals surface area contributed by atoms with E-state index in [2.05, 4.69) is 0 Å². The Bertz CT molecular complexity index is 599. The number of hydrogen-bond donors (Lipinski definition) is 0. The lowest BCUT2D eigenvalue weighted by Crippen LogP contribution is -2.19. The molecule has 0 N–H and O–H groups in total. The van der Waals surface area contributed by atoms with Gasteiger partial charge in [-0.2, -0.15) is 10.5 Å². The minimum absolute atomic E-state index is 0.170. The van der Waals surface area contributed by atoms with Gasteiger partial charge in [0, 0.05) is 18.1 Å². The van der Waals surface area contributed by atoms with Gasteiger partial charge in [-0.25, -0.2) is 0 Å². The number of anilines is 1. The van der Waals surface area contributed by atoms with Gasteiger partial charge in [-0.05, 0) is 24.1 Å². The molecule has 0 bridgehead atoms. The van der Waals surface area contributed by atoms with Crippen molar-refractivity contribution in [3.05, 3.63) is 38.3 Å². The summed E-state index contributed by atoms with van der Waals surface area (Å²) in [6.45, 7) is 1.15. The molecular formula is C13H8Cl3N3. The molecule has 3 nitrogen and oxygen atoms in total. The summed E-state index contributed by atoms with van der Waals surface area (Å²) in [4.78, 5) is 1.95. The molecule has 1 saturated heterocycles. The topological polar surface area (TPSA) is 50.8 Å². The van der Waals surface area contributed by atoms with Gasteiger partial charge in [0.25, 0.3) is 0 Å². The van der Waals surface area contributed by atoms with Crippen molar-refractivity contribution in [2.24, 2.45) is 0 Å². The third-order valence-corrected chi connectivity index (χ3v) is 3.73. The zero-order chi connectivity index (χ0) is 14.0. The van der Waals surface area contributed by atoms with Crippen LogP contribution in [0.15, 0.2) is 23.3 Å². The summed E-state index contributed by atoms with van der Waals surface area (Å²) in [6, 6.07) is 7.07. The molecule has 1 heterocycles. The fourth-order valence-corrected chi connectivity index (χ4v) is 3.13. The van der Waals surface area contributed by atoms with Crippen molar-refractivity contribution in [2.75, 3.05) is 18.0 Å². The van der Waals surface area contributed by atoms with Crippen LogP contribution in [0.5, 0.6) is 0 Å². The quantitative estimate of drug-likeness (QED) is 0.730. The summed E-state index contributed by atoms with van der Waals surface area (Å²) in [7, 11) is 0. The first-order valence-electron chi connectivity index (χ1n) is 5.48. The molecule has 0 unspecified atom stereocenters. The Morgan fingerprint density at radius 3 is 2.21 bits per heavy atom. The van der Waals surface area contributed by atoms with E-state index in [9.17, 15) is 0 Å². The largest absolute Gasteiger partial charge is 0.365 e. The molecule has 0 atom stereocenters. The second-order valence-corrected chi connectivity index (χ2v) is 5.34. The highest BCUT2D eigenvalue weighted by molar-refractivity contribution is 6.41. The maximum atomic E-state index is 8.87. The summed E-state index contributed by atoms with van der Waals surface area (Å²) < 4.78 is 0. The van der Waals surface area contributed by atoms with E-state index in [1.807, 2.05) is 17.0 Å². The second kappa shape index (κ2) is 5.72. The van der Waals surface area contributed by atoms with E-state index in [-0.39, 0.29) is 5.57 Å². The van der Waals surface area contributed by atoms with E-state index in [0.29, 0.717) is 40.3 Å². The van der Waals surface area contributed by atoms with Gasteiger partial charge < -0.3 is 4.90 Å². The molecule has 1 aromatic carbocycles. The molecule has 0 spiro atoms. The van der Waals surface area contributed by atoms with Gasteiger partial charge in [0.05, 0.1) is 15.7 Å². The monoisotopic (exact) mass is 311 g/mol. The molecule has 0 amide bonds. The zero-order valence-electron chi connectivity index (χ0n) is 9.75. The van der Waals surface area contributed by atoms with E-state index in [1.165, 1.54) is 0 Å². The van der Waals surface area contributed by atoms with E-state index >= 15 is 0 Å². The number of nitrogens with zero attached hydrogens (tertiary/aromatic N) is 3. The number of rotatable bonds is 1. The molecule has 0 radical (unpaired) electrons. The fraction of sp³-hybridized carbons (Fsp3) is 0.231. The van der Waals surface area contributed by atoms with Crippen molar-refractivity contribution in [2.45, 2.75) is 6.42 Å². The van der Waals surface area contributed by atoms with Gasteiger partial charge in [0.15, 0.2) is 0 Å². The Morgan fingerprint density at radius 1 is 1.11 bits per heavy atom. The molecule has 6 heteroatoms. The average molecular weight is 313 g/mol. The lowest BCUT2D eigenvalue weighted by atomic mass is 10.1. The lowest BCUT2D eigenvalue weighted by Gasteiger charge is -2.20. The number of allylic oxidation sites excluding steroid dienone is 1. The van der Waals surface area contributed by atoms with Gasteiger partial charge in [-0.3, -0.25) is 0 Å². The summed E-state index contributed by atoms with van der Waals surface area (Å²) in [6.07, 6.45) is 0.658. The molecule has 0 aliphatic carbocycles. The van der Waals surface area contributed by atoms with Crippen LogP contribution in [0.3, 0.4) is 0 Å². The van der Waals surface area contributed by atoms with E-state index < -0.39 is 0 Å². The maximum Gasteiger partial charge on any atom is 0.130 e. The van der Waals surface area contributed by atoms with Crippen molar-refractivity contribution in [3.8, 4) is 12.1 Å². The molecule has 2 rings (SSSR count). The minimum atomic E-state index is 0.170. The lowest BCUT2D eigenvalue weighted by molar-refractivity contribution is 0.968. The normalized spacial score (nSPS) is 14.2. The van der Waals surface area contributed by atoms with Gasteiger partial charge in [-0.1, -0.05) is 34.8 Å².